The van der Waals surface area contributed by atoms with E-state index in [1.165, 1.54) is 0 Å². The first-order valence-electron chi connectivity index (χ1n) is 3.77. The van der Waals surface area contributed by atoms with Crippen LogP contribution in [0.25, 0.3) is 0 Å². The van der Waals surface area contributed by atoms with Crippen LogP contribution in [0, 0.1) is 6.92 Å². The van der Waals surface area contributed by atoms with E-state index in [0.29, 0.717) is 5.02 Å². The average Bonchev–Trinajstić information content (AvgIpc) is 2.08. The molecule has 0 amide bonds. The monoisotopic (exact) mass is 185 g/mol. The highest BCUT2D eigenvalue weighted by molar-refractivity contribution is 6.30. The Hall–Kier alpha value is -0.570. The van der Waals surface area contributed by atoms with Crippen molar-refractivity contribution in [3.8, 4) is 0 Å². The highest BCUT2D eigenvalue weighted by Crippen LogP contribution is 2.19. The third-order valence-corrected chi connectivity index (χ3v) is 2.07. The van der Waals surface area contributed by atoms with Crippen molar-refractivity contribution in [1.29, 1.82) is 0 Å². The quantitative estimate of drug-likeness (QED) is 0.736. The van der Waals surface area contributed by atoms with Crippen LogP contribution >= 0.6 is 11.6 Å². The fourth-order valence-corrected chi connectivity index (χ4v) is 1.29. The molecule has 0 aromatic heterocycles. The number of nitrogens with two attached hydrogens (primary N) is 1. The third kappa shape index (κ3) is 1.97. The van der Waals surface area contributed by atoms with Crippen molar-refractivity contribution in [1.82, 2.24) is 0 Å². The largest absolute Gasteiger partial charge is 0.394 e. The molecular weight excluding hydrogens is 174 g/mol. The molecule has 0 aliphatic carbocycles. The minimum absolute atomic E-state index is 0.0544. The zero-order chi connectivity index (χ0) is 9.14. The molecule has 1 rings (SSSR count). The van der Waals surface area contributed by atoms with E-state index in [2.05, 4.69) is 0 Å². The van der Waals surface area contributed by atoms with E-state index in [4.69, 9.17) is 22.4 Å². The minimum atomic E-state index is -0.330. The van der Waals surface area contributed by atoms with E-state index in [0.717, 1.165) is 11.1 Å². The summed E-state index contributed by atoms with van der Waals surface area (Å²) in [5, 5.41) is 9.49. The summed E-state index contributed by atoms with van der Waals surface area (Å²) >= 11 is 5.78. The molecule has 0 aliphatic rings. The maximum atomic E-state index is 8.84. The van der Waals surface area contributed by atoms with E-state index >= 15 is 0 Å². The second kappa shape index (κ2) is 3.90. The first-order valence-corrected chi connectivity index (χ1v) is 4.15. The van der Waals surface area contributed by atoms with Crippen molar-refractivity contribution < 1.29 is 5.11 Å². The molecule has 12 heavy (non-hydrogen) atoms. The topological polar surface area (TPSA) is 46.2 Å². The van der Waals surface area contributed by atoms with E-state index in [1.807, 2.05) is 19.1 Å². The first-order chi connectivity index (χ1) is 5.65. The first kappa shape index (κ1) is 9.52. The van der Waals surface area contributed by atoms with Gasteiger partial charge in [-0.2, -0.15) is 0 Å². The molecule has 0 fully saturated rings. The Kier molecular flexibility index (Phi) is 3.09. The predicted molar refractivity (Wildman–Crippen MR) is 50.2 cm³/mol. The van der Waals surface area contributed by atoms with Gasteiger partial charge >= 0.3 is 0 Å². The van der Waals surface area contributed by atoms with Gasteiger partial charge in [-0.3, -0.25) is 0 Å². The third-order valence-electron chi connectivity index (χ3n) is 1.84. The number of aliphatic hydroxyl groups excluding tert-OH is 1. The lowest BCUT2D eigenvalue weighted by Gasteiger charge is -2.11. The molecule has 2 nitrogen and oxygen atoms in total. The van der Waals surface area contributed by atoms with Gasteiger partial charge in [0, 0.05) is 5.02 Å². The van der Waals surface area contributed by atoms with Crippen molar-refractivity contribution in [2.24, 2.45) is 5.73 Å². The molecule has 3 N–H and O–H groups in total. The zero-order valence-electron chi connectivity index (χ0n) is 6.92. The van der Waals surface area contributed by atoms with E-state index in [-0.39, 0.29) is 12.6 Å². The van der Waals surface area contributed by atoms with Gasteiger partial charge in [0.15, 0.2) is 0 Å². The Morgan fingerprint density at radius 2 is 2.25 bits per heavy atom. The molecule has 1 unspecified atom stereocenters. The lowest BCUT2D eigenvalue weighted by molar-refractivity contribution is 0.267. The summed E-state index contributed by atoms with van der Waals surface area (Å²) in [4.78, 5) is 0. The van der Waals surface area contributed by atoms with Crippen LogP contribution in [0.4, 0.5) is 0 Å². The maximum absolute atomic E-state index is 8.84. The smallest absolute Gasteiger partial charge is 0.0624 e. The molecule has 0 saturated heterocycles. The Balaban J connectivity index is 3.04. The zero-order valence-corrected chi connectivity index (χ0v) is 7.67. The van der Waals surface area contributed by atoms with Crippen LogP contribution in [0.1, 0.15) is 17.2 Å². The summed E-state index contributed by atoms with van der Waals surface area (Å²) in [6.45, 7) is 1.89. The second-order valence-electron chi connectivity index (χ2n) is 2.79. The van der Waals surface area contributed by atoms with Gasteiger partial charge in [0.05, 0.1) is 12.6 Å². The van der Waals surface area contributed by atoms with Crippen LogP contribution in [-0.2, 0) is 0 Å². The number of halogens is 1. The van der Waals surface area contributed by atoms with Gasteiger partial charge < -0.3 is 10.8 Å². The number of hydrogen-bond acceptors (Lipinski definition) is 2. The Morgan fingerprint density at radius 1 is 1.58 bits per heavy atom. The van der Waals surface area contributed by atoms with Gasteiger partial charge in [0.25, 0.3) is 0 Å². The van der Waals surface area contributed by atoms with Crippen LogP contribution in [0.15, 0.2) is 18.2 Å². The Labute approximate surface area is 77.0 Å². The summed E-state index contributed by atoms with van der Waals surface area (Å²) in [6.07, 6.45) is 0. The molecule has 66 valence electrons. The van der Waals surface area contributed by atoms with E-state index in [1.54, 1.807) is 6.07 Å². The molecule has 0 aliphatic heterocycles. The second-order valence-corrected chi connectivity index (χ2v) is 3.23. The molecule has 0 spiro atoms. The molecule has 0 bridgehead atoms. The summed E-state index contributed by atoms with van der Waals surface area (Å²) in [6, 6.07) is 5.17. The van der Waals surface area contributed by atoms with Crippen LogP contribution in [0.5, 0.6) is 0 Å². The molecule has 1 aromatic rings. The van der Waals surface area contributed by atoms with Gasteiger partial charge in [0.2, 0.25) is 0 Å². The lowest BCUT2D eigenvalue weighted by Crippen LogP contribution is -2.15. The highest BCUT2D eigenvalue weighted by atomic mass is 35.5. The molecule has 1 aromatic carbocycles. The van der Waals surface area contributed by atoms with Crippen LogP contribution in [0.2, 0.25) is 5.02 Å². The standard InChI is InChI=1S/C9H12ClNO/c1-6-2-3-7(10)4-8(6)9(11)5-12/h2-4,9,12H,5,11H2,1H3. The van der Waals surface area contributed by atoms with Gasteiger partial charge in [0.1, 0.15) is 0 Å². The highest BCUT2D eigenvalue weighted by Gasteiger charge is 2.07. The summed E-state index contributed by atoms with van der Waals surface area (Å²) in [5.41, 5.74) is 7.62. The number of hydrogen-bond donors (Lipinski definition) is 2. The van der Waals surface area contributed by atoms with Crippen molar-refractivity contribution >= 4 is 11.6 Å². The Morgan fingerprint density at radius 3 is 2.83 bits per heavy atom. The number of aliphatic hydroxyl groups is 1. The molecule has 0 heterocycles. The van der Waals surface area contributed by atoms with Crippen molar-refractivity contribution in [3.05, 3.63) is 34.3 Å². The summed E-state index contributed by atoms with van der Waals surface area (Å²) in [5.74, 6) is 0. The lowest BCUT2D eigenvalue weighted by atomic mass is 10.0. The number of rotatable bonds is 2. The molecule has 1 atom stereocenters. The molecule has 0 radical (unpaired) electrons. The normalized spacial score (nSPS) is 13.0. The fraction of sp³-hybridized carbons (Fsp3) is 0.333. The molecule has 0 saturated carbocycles. The van der Waals surface area contributed by atoms with Gasteiger partial charge in [-0.15, -0.1) is 0 Å². The fourth-order valence-electron chi connectivity index (χ4n) is 1.11. The predicted octanol–water partition coefficient (Wildman–Crippen LogP) is 1.64. The van der Waals surface area contributed by atoms with Crippen LogP contribution in [0.3, 0.4) is 0 Å². The van der Waals surface area contributed by atoms with Crippen molar-refractivity contribution in [2.45, 2.75) is 13.0 Å². The van der Waals surface area contributed by atoms with Gasteiger partial charge in [-0.1, -0.05) is 17.7 Å². The van der Waals surface area contributed by atoms with E-state index < -0.39 is 0 Å². The number of aryl methyl sites for hydroxylation is 1. The number of benzene rings is 1. The minimum Gasteiger partial charge on any atom is -0.394 e. The van der Waals surface area contributed by atoms with Gasteiger partial charge in [-0.25, -0.2) is 0 Å². The maximum Gasteiger partial charge on any atom is 0.0624 e. The van der Waals surface area contributed by atoms with Gasteiger partial charge in [-0.05, 0) is 30.2 Å². The molecule has 3 heteroatoms. The van der Waals surface area contributed by atoms with E-state index in [9.17, 15) is 0 Å². The van der Waals surface area contributed by atoms with Crippen LogP contribution in [-0.4, -0.2) is 11.7 Å². The van der Waals surface area contributed by atoms with Crippen molar-refractivity contribution in [2.75, 3.05) is 6.61 Å². The van der Waals surface area contributed by atoms with Crippen molar-refractivity contribution in [3.63, 3.8) is 0 Å². The molecular formula is C9H12ClNO. The SMILES string of the molecule is Cc1ccc(Cl)cc1C(N)CO. The van der Waals surface area contributed by atoms with Crippen LogP contribution < -0.4 is 5.73 Å². The Bertz CT molecular complexity index is 275. The average molecular weight is 186 g/mol. The summed E-state index contributed by atoms with van der Waals surface area (Å²) in [7, 11) is 0. The summed E-state index contributed by atoms with van der Waals surface area (Å²) < 4.78 is 0.